The number of aryl methyl sites for hydroxylation is 1. The molecule has 1 aliphatic rings. The second-order valence-electron chi connectivity index (χ2n) is 4.69. The van der Waals surface area contributed by atoms with Crippen LogP contribution in [0.3, 0.4) is 0 Å². The van der Waals surface area contributed by atoms with Crippen molar-refractivity contribution in [3.05, 3.63) is 29.8 Å². The topological polar surface area (TPSA) is 18.5 Å². The highest BCUT2D eigenvalue weighted by Gasteiger charge is 2.35. The van der Waals surface area contributed by atoms with Crippen molar-refractivity contribution in [2.75, 3.05) is 0 Å². The van der Waals surface area contributed by atoms with Crippen LogP contribution >= 0.6 is 0 Å². The average molecular weight is 205 g/mol. The second-order valence-corrected chi connectivity index (χ2v) is 4.69. The van der Waals surface area contributed by atoms with Crippen molar-refractivity contribution >= 4 is 12.0 Å². The summed E-state index contributed by atoms with van der Waals surface area (Å²) >= 11 is 0. The Morgan fingerprint density at radius 3 is 1.93 bits per heavy atom. The van der Waals surface area contributed by atoms with E-state index in [2.05, 4.69) is 45.0 Å². The molecule has 3 heteroatoms. The Morgan fingerprint density at radius 1 is 1.00 bits per heavy atom. The summed E-state index contributed by atoms with van der Waals surface area (Å²) in [4.78, 5) is 0. The first-order chi connectivity index (χ1) is 7.01. The molecule has 2 atom stereocenters. The zero-order valence-electron chi connectivity index (χ0n) is 9.86. The zero-order valence-corrected chi connectivity index (χ0v) is 9.86. The van der Waals surface area contributed by atoms with Gasteiger partial charge in [-0.1, -0.05) is 29.8 Å². The molecular weight excluding hydrogens is 187 g/mol. The first-order valence-corrected chi connectivity index (χ1v) is 5.62. The Morgan fingerprint density at radius 2 is 1.47 bits per heavy atom. The molecule has 0 amide bonds. The standard InChI is InChI=1S/C12H18BO2/c1-9-5-7-12(8-6-9)13(4)14-10(2)11(3)15-13/h5-8,10-11H,1-4H3/q-1. The van der Waals surface area contributed by atoms with Crippen LogP contribution in [0.2, 0.25) is 6.82 Å². The van der Waals surface area contributed by atoms with Crippen molar-refractivity contribution in [1.29, 1.82) is 0 Å². The summed E-state index contributed by atoms with van der Waals surface area (Å²) in [6, 6.07) is 8.39. The molecule has 0 N–H and O–H groups in total. The van der Waals surface area contributed by atoms with Gasteiger partial charge in [0, 0.05) is 12.2 Å². The van der Waals surface area contributed by atoms with Gasteiger partial charge in [-0.15, -0.1) is 6.82 Å². The Bertz CT molecular complexity index is 337. The lowest BCUT2D eigenvalue weighted by Gasteiger charge is -2.31. The predicted octanol–water partition coefficient (Wildman–Crippen LogP) is 2.10. The molecule has 15 heavy (non-hydrogen) atoms. The van der Waals surface area contributed by atoms with E-state index in [4.69, 9.17) is 9.31 Å². The van der Waals surface area contributed by atoms with E-state index < -0.39 is 6.55 Å². The van der Waals surface area contributed by atoms with E-state index in [1.165, 1.54) is 5.56 Å². The molecule has 82 valence electrons. The SMILES string of the molecule is Cc1ccc([B-]2(C)OC(C)C(C)O2)cc1. The van der Waals surface area contributed by atoms with Gasteiger partial charge in [0.1, 0.15) is 0 Å². The molecule has 0 spiro atoms. The minimum atomic E-state index is -1.27. The lowest BCUT2D eigenvalue weighted by molar-refractivity contribution is 0.187. The molecule has 1 aromatic rings. The van der Waals surface area contributed by atoms with Crippen molar-refractivity contribution in [2.45, 2.75) is 39.8 Å². The highest BCUT2D eigenvalue weighted by molar-refractivity contribution is 6.80. The Labute approximate surface area is 91.6 Å². The summed E-state index contributed by atoms with van der Waals surface area (Å²) in [5.74, 6) is 0. The predicted molar refractivity (Wildman–Crippen MR) is 63.5 cm³/mol. The highest BCUT2D eigenvalue weighted by atomic mass is 16.7. The van der Waals surface area contributed by atoms with Gasteiger partial charge in [0.05, 0.1) is 0 Å². The summed E-state index contributed by atoms with van der Waals surface area (Å²) in [5, 5.41) is 0. The molecule has 0 saturated carbocycles. The molecule has 0 aromatic heterocycles. The van der Waals surface area contributed by atoms with Gasteiger partial charge < -0.3 is 9.31 Å². The van der Waals surface area contributed by atoms with Gasteiger partial charge in [-0.2, -0.15) is 5.46 Å². The number of rotatable bonds is 1. The molecule has 1 saturated heterocycles. The van der Waals surface area contributed by atoms with Crippen LogP contribution in [0.4, 0.5) is 0 Å². The molecule has 1 fully saturated rings. The normalized spacial score (nSPS) is 35.7. The van der Waals surface area contributed by atoms with Gasteiger partial charge in [0.25, 0.3) is 6.55 Å². The van der Waals surface area contributed by atoms with E-state index in [0.29, 0.717) is 0 Å². The zero-order chi connectivity index (χ0) is 11.1. The van der Waals surface area contributed by atoms with E-state index in [1.807, 2.05) is 6.82 Å². The molecule has 1 heterocycles. The summed E-state index contributed by atoms with van der Waals surface area (Å²) in [5.41, 5.74) is 2.41. The van der Waals surface area contributed by atoms with Gasteiger partial charge in [-0.3, -0.25) is 0 Å². The molecule has 0 radical (unpaired) electrons. The van der Waals surface area contributed by atoms with Crippen LogP contribution in [0, 0.1) is 6.92 Å². The van der Waals surface area contributed by atoms with E-state index in [1.54, 1.807) is 0 Å². The molecule has 0 aliphatic carbocycles. The van der Waals surface area contributed by atoms with Crippen LogP contribution in [0.5, 0.6) is 0 Å². The van der Waals surface area contributed by atoms with Crippen LogP contribution < -0.4 is 5.46 Å². The van der Waals surface area contributed by atoms with Gasteiger partial charge in [-0.05, 0) is 20.8 Å². The first-order valence-electron chi connectivity index (χ1n) is 5.62. The maximum atomic E-state index is 5.93. The smallest absolute Gasteiger partial charge is 0.267 e. The number of hydrogen-bond donors (Lipinski definition) is 0. The molecular formula is C12H18BO2-. The fourth-order valence-electron chi connectivity index (χ4n) is 2.15. The maximum Gasteiger partial charge on any atom is 0.267 e. The molecule has 0 bridgehead atoms. The highest BCUT2D eigenvalue weighted by Crippen LogP contribution is 2.24. The Kier molecular flexibility index (Phi) is 2.61. The van der Waals surface area contributed by atoms with Gasteiger partial charge >= 0.3 is 0 Å². The minimum Gasteiger partial charge on any atom is -0.561 e. The summed E-state index contributed by atoms with van der Waals surface area (Å²) < 4.78 is 11.9. The van der Waals surface area contributed by atoms with E-state index >= 15 is 0 Å². The molecule has 1 aliphatic heterocycles. The lowest BCUT2D eigenvalue weighted by Crippen LogP contribution is -2.47. The minimum absolute atomic E-state index is 0.177. The quantitative estimate of drug-likeness (QED) is 0.653. The van der Waals surface area contributed by atoms with Crippen LogP contribution in [0.25, 0.3) is 0 Å². The van der Waals surface area contributed by atoms with Gasteiger partial charge in [0.2, 0.25) is 0 Å². The van der Waals surface area contributed by atoms with Crippen LogP contribution in [0.15, 0.2) is 24.3 Å². The van der Waals surface area contributed by atoms with E-state index in [9.17, 15) is 0 Å². The van der Waals surface area contributed by atoms with E-state index in [0.717, 1.165) is 5.46 Å². The fourth-order valence-corrected chi connectivity index (χ4v) is 2.15. The summed E-state index contributed by atoms with van der Waals surface area (Å²) in [7, 11) is 0. The maximum absolute atomic E-state index is 5.93. The largest absolute Gasteiger partial charge is 0.561 e. The fraction of sp³-hybridized carbons (Fsp3) is 0.500. The van der Waals surface area contributed by atoms with Crippen LogP contribution in [-0.4, -0.2) is 18.8 Å². The number of benzene rings is 1. The summed E-state index contributed by atoms with van der Waals surface area (Å²) in [6.07, 6.45) is 0.354. The van der Waals surface area contributed by atoms with Crippen molar-refractivity contribution in [2.24, 2.45) is 0 Å². The van der Waals surface area contributed by atoms with Crippen molar-refractivity contribution < 1.29 is 9.31 Å². The van der Waals surface area contributed by atoms with Crippen molar-refractivity contribution in [3.63, 3.8) is 0 Å². The van der Waals surface area contributed by atoms with E-state index in [-0.39, 0.29) is 12.2 Å². The van der Waals surface area contributed by atoms with Crippen LogP contribution in [-0.2, 0) is 9.31 Å². The lowest BCUT2D eigenvalue weighted by atomic mass is 9.54. The molecule has 2 nitrogen and oxygen atoms in total. The molecule has 1 aromatic carbocycles. The van der Waals surface area contributed by atoms with Crippen LogP contribution in [0.1, 0.15) is 19.4 Å². The first kappa shape index (κ1) is 10.7. The van der Waals surface area contributed by atoms with Crippen molar-refractivity contribution in [3.8, 4) is 0 Å². The average Bonchev–Trinajstić information content (AvgIpc) is 2.43. The second kappa shape index (κ2) is 3.65. The Hall–Kier alpha value is -0.795. The molecule has 2 rings (SSSR count). The third-order valence-corrected chi connectivity index (χ3v) is 3.29. The summed E-state index contributed by atoms with van der Waals surface area (Å²) in [6.45, 7) is 6.99. The van der Waals surface area contributed by atoms with Crippen molar-refractivity contribution in [1.82, 2.24) is 0 Å². The monoisotopic (exact) mass is 205 g/mol. The van der Waals surface area contributed by atoms with Gasteiger partial charge in [-0.25, -0.2) is 0 Å². The Balaban J connectivity index is 2.27. The van der Waals surface area contributed by atoms with Gasteiger partial charge in [0.15, 0.2) is 0 Å². The third-order valence-electron chi connectivity index (χ3n) is 3.29. The number of hydrogen-bond acceptors (Lipinski definition) is 2. The molecule has 2 unspecified atom stereocenters. The third kappa shape index (κ3) is 1.94.